The van der Waals surface area contributed by atoms with E-state index in [0.717, 1.165) is 0 Å². The van der Waals surface area contributed by atoms with Crippen LogP contribution in [0.1, 0.15) is 26.3 Å². The van der Waals surface area contributed by atoms with E-state index < -0.39 is 0 Å². The molecule has 8 aromatic carbocycles. The molecule has 3 nitrogen and oxygen atoms in total. The number of aromatic nitrogens is 2. The van der Waals surface area contributed by atoms with Crippen LogP contribution < -0.4 is 20.6 Å². The van der Waals surface area contributed by atoms with Gasteiger partial charge in [-0.05, 0) is 76.0 Å². The first kappa shape index (κ1) is 33.2. The highest BCUT2D eigenvalue weighted by Crippen LogP contribution is 2.51. The Balaban J connectivity index is 1.29. The van der Waals surface area contributed by atoms with Crippen LogP contribution in [0, 0.1) is 0 Å². The monoisotopic (exact) mass is 771 g/mol. The summed E-state index contributed by atoms with van der Waals surface area (Å²) in [6.45, 7) is 7.09. The van der Waals surface area contributed by atoms with E-state index in [1.165, 1.54) is 115 Å². The average Bonchev–Trinajstić information content (AvgIpc) is 3.94. The molecule has 0 atom stereocenters. The zero-order valence-electron chi connectivity index (χ0n) is 33.1. The minimum atomic E-state index is -0.0699. The van der Waals surface area contributed by atoms with Crippen molar-refractivity contribution in [1.82, 2.24) is 9.13 Å². The van der Waals surface area contributed by atoms with Gasteiger partial charge in [0.1, 0.15) is 0 Å². The first-order chi connectivity index (χ1) is 29.0. The van der Waals surface area contributed by atoms with Gasteiger partial charge < -0.3 is 14.0 Å². The van der Waals surface area contributed by atoms with Gasteiger partial charge in [-0.1, -0.05) is 148 Å². The standard InChI is InChI=1S/C54H38BN3S/c1-54(2,3)40-26-17-28-43-46(40)39-32-41-52-47(49(39)56(43)34-20-9-5-10-21-34)37-24-13-15-27-42(37)58(52)44-31-30-36(33-18-7-4-8-19-33)50-48(44)55(41)53-51(38-25-14-16-29-45(38)59-53)57(50)35-22-11-6-12-23-35/h4-32H,1-3H3. The van der Waals surface area contributed by atoms with E-state index >= 15 is 0 Å². The maximum absolute atomic E-state index is 2.61. The van der Waals surface area contributed by atoms with Gasteiger partial charge in [-0.15, -0.1) is 11.3 Å². The van der Waals surface area contributed by atoms with E-state index in [9.17, 15) is 0 Å². The van der Waals surface area contributed by atoms with Gasteiger partial charge in [0.2, 0.25) is 0 Å². The number of thiophene rings is 1. The lowest BCUT2D eigenvalue weighted by Crippen LogP contribution is -2.59. The molecule has 2 aliphatic heterocycles. The highest BCUT2D eigenvalue weighted by atomic mass is 32.1. The van der Waals surface area contributed by atoms with Gasteiger partial charge in [0.15, 0.2) is 0 Å². The molecule has 3 aromatic heterocycles. The van der Waals surface area contributed by atoms with Gasteiger partial charge in [-0.3, -0.25) is 0 Å². The molecule has 13 rings (SSSR count). The van der Waals surface area contributed by atoms with Crippen molar-refractivity contribution in [3.8, 4) is 22.5 Å². The molecular formula is C54H38BN3S. The minimum absolute atomic E-state index is 0.0108. The maximum atomic E-state index is 2.61. The van der Waals surface area contributed by atoms with Crippen molar-refractivity contribution in [2.45, 2.75) is 26.2 Å². The molecule has 0 saturated heterocycles. The zero-order chi connectivity index (χ0) is 39.1. The van der Waals surface area contributed by atoms with E-state index in [2.05, 4.69) is 211 Å². The van der Waals surface area contributed by atoms with Crippen molar-refractivity contribution in [2.75, 3.05) is 4.90 Å². The summed E-state index contributed by atoms with van der Waals surface area (Å²) in [5, 5.41) is 6.56. The summed E-state index contributed by atoms with van der Waals surface area (Å²) in [7, 11) is 0. The van der Waals surface area contributed by atoms with Gasteiger partial charge in [0, 0.05) is 59.0 Å². The predicted octanol–water partition coefficient (Wildman–Crippen LogP) is 12.7. The van der Waals surface area contributed by atoms with Crippen LogP contribution in [0.5, 0.6) is 0 Å². The van der Waals surface area contributed by atoms with Gasteiger partial charge in [-0.2, -0.15) is 0 Å². The van der Waals surface area contributed by atoms with Crippen molar-refractivity contribution in [2.24, 2.45) is 0 Å². The number of benzene rings is 8. The molecule has 0 fully saturated rings. The molecule has 0 saturated carbocycles. The second-order valence-electron chi connectivity index (χ2n) is 17.2. The van der Waals surface area contributed by atoms with Crippen molar-refractivity contribution < 1.29 is 0 Å². The molecule has 59 heavy (non-hydrogen) atoms. The number of hydrogen-bond acceptors (Lipinski definition) is 2. The first-order valence-electron chi connectivity index (χ1n) is 20.7. The first-order valence-corrected chi connectivity index (χ1v) is 21.5. The topological polar surface area (TPSA) is 13.1 Å². The Morgan fingerprint density at radius 3 is 1.93 bits per heavy atom. The van der Waals surface area contributed by atoms with E-state index in [-0.39, 0.29) is 12.1 Å². The van der Waals surface area contributed by atoms with E-state index in [4.69, 9.17) is 0 Å². The molecule has 0 radical (unpaired) electrons. The Kier molecular flexibility index (Phi) is 6.68. The van der Waals surface area contributed by atoms with Crippen LogP contribution in [-0.2, 0) is 5.41 Å². The minimum Gasteiger partial charge on any atom is -0.310 e. The van der Waals surface area contributed by atoms with Crippen LogP contribution in [-0.4, -0.2) is 15.8 Å². The molecule has 0 unspecified atom stereocenters. The van der Waals surface area contributed by atoms with Gasteiger partial charge in [-0.25, -0.2) is 0 Å². The molecule has 5 heteroatoms. The molecule has 0 spiro atoms. The maximum Gasteiger partial charge on any atom is 0.264 e. The molecule has 0 amide bonds. The van der Waals surface area contributed by atoms with Crippen molar-refractivity contribution >= 4 is 105 Å². The number of anilines is 3. The number of fused-ring (bicyclic) bond motifs is 13. The molecule has 0 aliphatic carbocycles. The van der Waals surface area contributed by atoms with E-state index in [1.54, 1.807) is 0 Å². The second kappa shape index (κ2) is 11.9. The summed E-state index contributed by atoms with van der Waals surface area (Å²) in [6, 6.07) is 65.6. The molecule has 2 aliphatic rings. The third-order valence-electron chi connectivity index (χ3n) is 13.0. The second-order valence-corrected chi connectivity index (χ2v) is 18.3. The summed E-state index contributed by atoms with van der Waals surface area (Å²) in [6.07, 6.45) is 0. The molecule has 278 valence electrons. The van der Waals surface area contributed by atoms with Crippen LogP contribution in [0.3, 0.4) is 0 Å². The van der Waals surface area contributed by atoms with Crippen LogP contribution in [0.15, 0.2) is 176 Å². The molecule has 11 aromatic rings. The largest absolute Gasteiger partial charge is 0.310 e. The summed E-state index contributed by atoms with van der Waals surface area (Å²) >= 11 is 1.97. The van der Waals surface area contributed by atoms with Crippen LogP contribution >= 0.6 is 11.3 Å². The summed E-state index contributed by atoms with van der Waals surface area (Å²) in [5.41, 5.74) is 17.7. The zero-order valence-corrected chi connectivity index (χ0v) is 33.9. The Labute approximate surface area is 347 Å². The lowest BCUT2D eigenvalue weighted by Gasteiger charge is -2.40. The Bertz CT molecular complexity index is 3530. The fourth-order valence-corrected chi connectivity index (χ4v) is 12.0. The summed E-state index contributed by atoms with van der Waals surface area (Å²) in [4.78, 5) is 2.59. The number of hydrogen-bond donors (Lipinski definition) is 0. The van der Waals surface area contributed by atoms with Gasteiger partial charge in [0.05, 0.1) is 33.4 Å². The lowest BCUT2D eigenvalue weighted by atomic mass is 9.36. The smallest absolute Gasteiger partial charge is 0.264 e. The molecule has 0 bridgehead atoms. The third-order valence-corrected chi connectivity index (χ3v) is 14.2. The van der Waals surface area contributed by atoms with Crippen LogP contribution in [0.2, 0.25) is 0 Å². The fraction of sp³-hybridized carbons (Fsp3) is 0.0741. The Morgan fingerprint density at radius 1 is 0.508 bits per heavy atom. The SMILES string of the molecule is CC(C)(C)c1cccc2c1c1cc3c4c(c5ccccc5n4-c4ccc(-c5ccccc5)c5c4B3c3sc4ccccc4c3N5c3ccccc3)c1n2-c1ccccc1. The number of rotatable bonds is 3. The normalized spacial score (nSPS) is 13.3. The summed E-state index contributed by atoms with van der Waals surface area (Å²) < 4.78 is 7.88. The highest BCUT2D eigenvalue weighted by molar-refractivity contribution is 7.33. The molecule has 5 heterocycles. The fourth-order valence-electron chi connectivity index (χ4n) is 10.7. The van der Waals surface area contributed by atoms with Crippen molar-refractivity contribution in [3.05, 3.63) is 181 Å². The lowest BCUT2D eigenvalue weighted by molar-refractivity contribution is 0.596. The molecular weight excluding hydrogens is 733 g/mol. The van der Waals surface area contributed by atoms with E-state index in [1.807, 2.05) is 11.3 Å². The Hall–Kier alpha value is -6.82. The Morgan fingerprint density at radius 2 is 1.17 bits per heavy atom. The predicted molar refractivity (Wildman–Crippen MR) is 254 cm³/mol. The molecule has 0 N–H and O–H groups in total. The van der Waals surface area contributed by atoms with Gasteiger partial charge in [0.25, 0.3) is 6.71 Å². The van der Waals surface area contributed by atoms with Crippen molar-refractivity contribution in [1.29, 1.82) is 0 Å². The third kappa shape index (κ3) is 4.38. The van der Waals surface area contributed by atoms with Gasteiger partial charge >= 0.3 is 0 Å². The highest BCUT2D eigenvalue weighted by Gasteiger charge is 2.46. The van der Waals surface area contributed by atoms with Crippen molar-refractivity contribution in [3.63, 3.8) is 0 Å². The summed E-state index contributed by atoms with van der Waals surface area (Å²) in [5.74, 6) is 0. The van der Waals surface area contributed by atoms with E-state index in [0.29, 0.717) is 0 Å². The quantitative estimate of drug-likeness (QED) is 0.163. The average molecular weight is 772 g/mol. The van der Waals surface area contributed by atoms with Crippen LogP contribution in [0.4, 0.5) is 17.1 Å². The number of para-hydroxylation sites is 3. The number of nitrogens with zero attached hydrogens (tertiary/aromatic N) is 3. The van der Waals surface area contributed by atoms with Crippen LogP contribution in [0.25, 0.3) is 76.2 Å².